The van der Waals surface area contributed by atoms with Crippen molar-refractivity contribution >= 4 is 11.6 Å². The van der Waals surface area contributed by atoms with Gasteiger partial charge in [0.2, 0.25) is 5.91 Å². The van der Waals surface area contributed by atoms with E-state index in [9.17, 15) is 4.79 Å². The summed E-state index contributed by atoms with van der Waals surface area (Å²) in [6.45, 7) is 3.82. The molecule has 1 unspecified atom stereocenters. The minimum atomic E-state index is 0.0324. The summed E-state index contributed by atoms with van der Waals surface area (Å²) in [6, 6.07) is 9.52. The normalized spacial score (nSPS) is 16.4. The lowest BCUT2D eigenvalue weighted by molar-refractivity contribution is -0.121. The van der Waals surface area contributed by atoms with E-state index in [1.165, 1.54) is 0 Å². The second-order valence-electron chi connectivity index (χ2n) is 4.73. The maximum atomic E-state index is 12.0. The molecule has 4 nitrogen and oxygen atoms in total. The topological polar surface area (TPSA) is 64.9 Å². The quantitative estimate of drug-likeness (QED) is 0.843. The summed E-state index contributed by atoms with van der Waals surface area (Å²) in [5.41, 5.74) is 1.76. The summed E-state index contributed by atoms with van der Waals surface area (Å²) in [7, 11) is 0. The summed E-state index contributed by atoms with van der Waals surface area (Å²) in [6.07, 6.45) is 0.401. The fraction of sp³-hybridized carbons (Fsp3) is 0.429. The van der Waals surface area contributed by atoms with Crippen LogP contribution in [0.5, 0.6) is 0 Å². The van der Waals surface area contributed by atoms with Crippen LogP contribution in [0.1, 0.15) is 12.5 Å². The number of rotatable bonds is 4. The summed E-state index contributed by atoms with van der Waals surface area (Å²) >= 11 is 0. The highest BCUT2D eigenvalue weighted by Gasteiger charge is 2.28. The number of hydrogen-bond donors (Lipinski definition) is 2. The van der Waals surface area contributed by atoms with Gasteiger partial charge in [-0.05, 0) is 36.7 Å². The van der Waals surface area contributed by atoms with E-state index >= 15 is 0 Å². The molecule has 0 saturated carbocycles. The third kappa shape index (κ3) is 2.88. The monoisotopic (exact) mass is 243 g/mol. The molecule has 18 heavy (non-hydrogen) atoms. The van der Waals surface area contributed by atoms with E-state index in [0.717, 1.165) is 24.3 Å². The van der Waals surface area contributed by atoms with Crippen molar-refractivity contribution in [3.8, 4) is 6.07 Å². The van der Waals surface area contributed by atoms with Crippen LogP contribution in [-0.4, -0.2) is 19.0 Å². The van der Waals surface area contributed by atoms with Gasteiger partial charge in [-0.2, -0.15) is 5.26 Å². The number of carbonyl (C=O) groups is 1. The second-order valence-corrected chi connectivity index (χ2v) is 4.73. The predicted molar refractivity (Wildman–Crippen MR) is 69.9 cm³/mol. The second kappa shape index (κ2) is 5.65. The highest BCUT2D eigenvalue weighted by Crippen LogP contribution is 2.18. The Morgan fingerprint density at radius 3 is 2.67 bits per heavy atom. The minimum Gasteiger partial charge on any atom is -0.326 e. The molecule has 0 aromatic heterocycles. The van der Waals surface area contributed by atoms with Crippen molar-refractivity contribution in [1.29, 1.82) is 5.26 Å². The number of anilines is 1. The molecular weight excluding hydrogens is 226 g/mol. The van der Waals surface area contributed by atoms with E-state index in [0.29, 0.717) is 12.3 Å². The van der Waals surface area contributed by atoms with E-state index in [4.69, 9.17) is 5.26 Å². The first-order valence-corrected chi connectivity index (χ1v) is 6.18. The molecule has 1 aromatic rings. The third-order valence-electron chi connectivity index (χ3n) is 3.44. The Bertz CT molecular complexity index is 457. The predicted octanol–water partition coefficient (Wildman–Crippen LogP) is 1.55. The fourth-order valence-corrected chi connectivity index (χ4v) is 1.93. The van der Waals surface area contributed by atoms with Crippen molar-refractivity contribution in [3.05, 3.63) is 29.8 Å². The van der Waals surface area contributed by atoms with Gasteiger partial charge in [0.1, 0.15) is 0 Å². The first-order chi connectivity index (χ1) is 8.70. The van der Waals surface area contributed by atoms with Crippen molar-refractivity contribution in [2.75, 3.05) is 18.4 Å². The van der Waals surface area contributed by atoms with E-state index in [-0.39, 0.29) is 11.8 Å². The minimum absolute atomic E-state index is 0.0324. The third-order valence-corrected chi connectivity index (χ3v) is 3.44. The van der Waals surface area contributed by atoms with E-state index < -0.39 is 0 Å². The highest BCUT2D eigenvalue weighted by atomic mass is 16.1. The Labute approximate surface area is 107 Å². The number of benzene rings is 1. The Balaban J connectivity index is 1.92. The number of nitrogens with one attached hydrogen (secondary N) is 2. The zero-order valence-electron chi connectivity index (χ0n) is 10.4. The summed E-state index contributed by atoms with van der Waals surface area (Å²) in [4.78, 5) is 12.0. The molecule has 1 fully saturated rings. The first-order valence-electron chi connectivity index (χ1n) is 6.18. The smallest absolute Gasteiger partial charge is 0.227 e. The molecule has 1 atom stereocenters. The van der Waals surface area contributed by atoms with Crippen LogP contribution in [0.15, 0.2) is 24.3 Å². The van der Waals surface area contributed by atoms with Crippen molar-refractivity contribution in [1.82, 2.24) is 5.32 Å². The molecule has 1 saturated heterocycles. The van der Waals surface area contributed by atoms with Gasteiger partial charge in [0.05, 0.1) is 12.5 Å². The van der Waals surface area contributed by atoms with E-state index in [2.05, 4.69) is 16.7 Å². The van der Waals surface area contributed by atoms with Crippen molar-refractivity contribution in [2.24, 2.45) is 11.8 Å². The molecule has 0 aliphatic carbocycles. The van der Waals surface area contributed by atoms with Gasteiger partial charge in [0.25, 0.3) is 0 Å². The molecule has 4 heteroatoms. The van der Waals surface area contributed by atoms with Gasteiger partial charge in [0.15, 0.2) is 0 Å². The average molecular weight is 243 g/mol. The molecule has 94 valence electrons. The summed E-state index contributed by atoms with van der Waals surface area (Å²) < 4.78 is 0. The van der Waals surface area contributed by atoms with Gasteiger partial charge < -0.3 is 10.6 Å². The molecule has 0 spiro atoms. The maximum absolute atomic E-state index is 12.0. The highest BCUT2D eigenvalue weighted by molar-refractivity contribution is 5.92. The van der Waals surface area contributed by atoms with Gasteiger partial charge in [-0.15, -0.1) is 0 Å². The number of carbonyl (C=O) groups excluding carboxylic acids is 1. The molecule has 2 rings (SSSR count). The Morgan fingerprint density at radius 2 is 2.17 bits per heavy atom. The van der Waals surface area contributed by atoms with Crippen LogP contribution in [0.4, 0.5) is 5.69 Å². The lowest BCUT2D eigenvalue weighted by Crippen LogP contribution is -2.48. The number of hydrogen-bond acceptors (Lipinski definition) is 3. The Morgan fingerprint density at radius 1 is 1.50 bits per heavy atom. The number of nitrogens with zero attached hydrogens (tertiary/aromatic N) is 1. The molecule has 1 aliphatic rings. The SMILES string of the molecule is CC(C(=O)Nc1ccc(CC#N)cc1)C1CNC1. The van der Waals surface area contributed by atoms with Crippen LogP contribution in [0.25, 0.3) is 0 Å². The van der Waals surface area contributed by atoms with Crippen LogP contribution in [0.2, 0.25) is 0 Å². The molecule has 1 aliphatic heterocycles. The number of nitriles is 1. The van der Waals surface area contributed by atoms with Crippen LogP contribution in [-0.2, 0) is 11.2 Å². The van der Waals surface area contributed by atoms with Gasteiger partial charge >= 0.3 is 0 Å². The first kappa shape index (κ1) is 12.6. The molecule has 1 aromatic carbocycles. The van der Waals surface area contributed by atoms with Crippen LogP contribution in [0.3, 0.4) is 0 Å². The molecule has 1 heterocycles. The molecule has 0 radical (unpaired) electrons. The molecule has 1 amide bonds. The van der Waals surface area contributed by atoms with Crippen molar-refractivity contribution in [2.45, 2.75) is 13.3 Å². The zero-order valence-corrected chi connectivity index (χ0v) is 10.4. The van der Waals surface area contributed by atoms with Crippen molar-refractivity contribution in [3.63, 3.8) is 0 Å². The number of amides is 1. The summed E-state index contributed by atoms with van der Waals surface area (Å²) in [5.74, 6) is 0.544. The lowest BCUT2D eigenvalue weighted by atomic mass is 9.88. The van der Waals surface area contributed by atoms with Crippen LogP contribution in [0, 0.1) is 23.2 Å². The Kier molecular flexibility index (Phi) is 3.96. The van der Waals surface area contributed by atoms with Crippen LogP contribution < -0.4 is 10.6 Å². The largest absolute Gasteiger partial charge is 0.326 e. The lowest BCUT2D eigenvalue weighted by Gasteiger charge is -2.31. The molecular formula is C14H17N3O. The van der Waals surface area contributed by atoms with Crippen molar-refractivity contribution < 1.29 is 4.79 Å². The maximum Gasteiger partial charge on any atom is 0.227 e. The fourth-order valence-electron chi connectivity index (χ4n) is 1.93. The van der Waals surface area contributed by atoms with Gasteiger partial charge in [-0.1, -0.05) is 19.1 Å². The average Bonchev–Trinajstić information content (AvgIpc) is 2.29. The van der Waals surface area contributed by atoms with Gasteiger partial charge in [0, 0.05) is 11.6 Å². The zero-order chi connectivity index (χ0) is 13.0. The Hall–Kier alpha value is -1.86. The molecule has 0 bridgehead atoms. The van der Waals surface area contributed by atoms with E-state index in [1.807, 2.05) is 31.2 Å². The molecule has 2 N–H and O–H groups in total. The van der Waals surface area contributed by atoms with Gasteiger partial charge in [-0.25, -0.2) is 0 Å². The van der Waals surface area contributed by atoms with Crippen LogP contribution >= 0.6 is 0 Å². The van der Waals surface area contributed by atoms with Gasteiger partial charge in [-0.3, -0.25) is 4.79 Å². The van der Waals surface area contributed by atoms with E-state index in [1.54, 1.807) is 0 Å². The summed E-state index contributed by atoms with van der Waals surface area (Å²) in [5, 5.41) is 14.7. The standard InChI is InChI=1S/C14H17N3O/c1-10(12-8-16-9-12)14(18)17-13-4-2-11(3-5-13)6-7-15/h2-5,10,12,16H,6,8-9H2,1H3,(H,17,18).